The van der Waals surface area contributed by atoms with E-state index in [1.807, 2.05) is 23.1 Å². The van der Waals surface area contributed by atoms with Crippen molar-refractivity contribution in [3.8, 4) is 0 Å². The molecule has 3 rings (SSSR count). The number of primary amides is 1. The highest BCUT2D eigenvalue weighted by Gasteiger charge is 2.26. The molecular formula is C18H23N5O2. The van der Waals surface area contributed by atoms with Gasteiger partial charge in [0.15, 0.2) is 0 Å². The van der Waals surface area contributed by atoms with Gasteiger partial charge in [-0.3, -0.25) is 19.3 Å². The van der Waals surface area contributed by atoms with Crippen molar-refractivity contribution < 1.29 is 9.59 Å². The van der Waals surface area contributed by atoms with E-state index in [2.05, 4.69) is 10.1 Å². The van der Waals surface area contributed by atoms with E-state index in [4.69, 9.17) is 5.73 Å². The number of aryl methyl sites for hydroxylation is 2. The van der Waals surface area contributed by atoms with Crippen molar-refractivity contribution in [2.75, 3.05) is 13.1 Å². The van der Waals surface area contributed by atoms with Crippen LogP contribution in [-0.2, 0) is 18.3 Å². The lowest BCUT2D eigenvalue weighted by atomic mass is 9.92. The first-order chi connectivity index (χ1) is 12.0. The van der Waals surface area contributed by atoms with Gasteiger partial charge in [-0.15, -0.1) is 0 Å². The first kappa shape index (κ1) is 17.1. The minimum Gasteiger partial charge on any atom is -0.370 e. The molecule has 0 aliphatic carbocycles. The summed E-state index contributed by atoms with van der Waals surface area (Å²) in [5, 5.41) is 4.06. The summed E-state index contributed by atoms with van der Waals surface area (Å²) in [6.07, 6.45) is 4.29. The molecule has 1 saturated heterocycles. The van der Waals surface area contributed by atoms with E-state index in [-0.39, 0.29) is 11.8 Å². The number of aromatic nitrogens is 3. The molecule has 132 valence electrons. The molecule has 0 atom stereocenters. The maximum absolute atomic E-state index is 12.5. The third-order valence-electron chi connectivity index (χ3n) is 4.70. The summed E-state index contributed by atoms with van der Waals surface area (Å²) in [5.41, 5.74) is 7.75. The van der Waals surface area contributed by atoms with E-state index in [9.17, 15) is 9.59 Å². The summed E-state index contributed by atoms with van der Waals surface area (Å²) in [6, 6.07) is 7.68. The van der Waals surface area contributed by atoms with Crippen LogP contribution >= 0.6 is 0 Å². The molecule has 2 aromatic heterocycles. The number of nitrogens with two attached hydrogens (primary N) is 1. The number of hydrogen-bond donors (Lipinski definition) is 1. The van der Waals surface area contributed by atoms with E-state index >= 15 is 0 Å². The summed E-state index contributed by atoms with van der Waals surface area (Å²) < 4.78 is 1.61. The van der Waals surface area contributed by atoms with Crippen LogP contribution in [-0.4, -0.2) is 44.6 Å². The molecule has 2 aromatic rings. The molecule has 1 fully saturated rings. The van der Waals surface area contributed by atoms with Gasteiger partial charge in [-0.2, -0.15) is 5.10 Å². The van der Waals surface area contributed by atoms with Crippen LogP contribution in [0.5, 0.6) is 0 Å². The maximum atomic E-state index is 12.5. The smallest absolute Gasteiger partial charge is 0.272 e. The Morgan fingerprint density at radius 3 is 2.64 bits per heavy atom. The van der Waals surface area contributed by atoms with Crippen LogP contribution < -0.4 is 5.73 Å². The zero-order valence-corrected chi connectivity index (χ0v) is 14.4. The lowest BCUT2D eigenvalue weighted by Crippen LogP contribution is -2.38. The van der Waals surface area contributed by atoms with Gasteiger partial charge in [-0.05, 0) is 37.5 Å². The molecule has 0 bridgehead atoms. The zero-order chi connectivity index (χ0) is 17.8. The molecule has 0 unspecified atom stereocenters. The molecule has 0 aromatic carbocycles. The van der Waals surface area contributed by atoms with E-state index in [0.29, 0.717) is 37.5 Å². The fourth-order valence-corrected chi connectivity index (χ4v) is 3.24. The van der Waals surface area contributed by atoms with E-state index < -0.39 is 0 Å². The van der Waals surface area contributed by atoms with Crippen molar-refractivity contribution in [1.29, 1.82) is 0 Å². The highest BCUT2D eigenvalue weighted by atomic mass is 16.2. The molecule has 2 amide bonds. The molecule has 0 spiro atoms. The lowest BCUT2D eigenvalue weighted by molar-refractivity contribution is -0.118. The van der Waals surface area contributed by atoms with Crippen LogP contribution in [0, 0.1) is 0 Å². The monoisotopic (exact) mass is 341 g/mol. The standard InChI is InChI=1S/C18H23N5O2/c1-22-16(7-10-20-22)18(25)23-11-8-13(9-12-23)15-4-2-3-14(21-15)5-6-17(19)24/h2-4,7,10,13H,5-6,8-9,11-12H2,1H3,(H2,19,24). The van der Waals surface area contributed by atoms with Crippen molar-refractivity contribution in [2.24, 2.45) is 12.8 Å². The fourth-order valence-electron chi connectivity index (χ4n) is 3.24. The number of hydrogen-bond acceptors (Lipinski definition) is 4. The number of amides is 2. The third-order valence-corrected chi connectivity index (χ3v) is 4.70. The average Bonchev–Trinajstić information content (AvgIpc) is 3.06. The van der Waals surface area contributed by atoms with Gasteiger partial charge in [0.2, 0.25) is 5.91 Å². The number of pyridine rings is 1. The third kappa shape index (κ3) is 4.04. The van der Waals surface area contributed by atoms with Crippen molar-refractivity contribution in [2.45, 2.75) is 31.6 Å². The molecule has 1 aliphatic rings. The molecule has 7 nitrogen and oxygen atoms in total. The quantitative estimate of drug-likeness (QED) is 0.885. The van der Waals surface area contributed by atoms with Gasteiger partial charge in [-0.25, -0.2) is 0 Å². The van der Waals surface area contributed by atoms with Gasteiger partial charge in [0.05, 0.1) is 0 Å². The summed E-state index contributed by atoms with van der Waals surface area (Å²) >= 11 is 0. The highest BCUT2D eigenvalue weighted by Crippen LogP contribution is 2.27. The Kier molecular flexibility index (Phi) is 5.11. The first-order valence-corrected chi connectivity index (χ1v) is 8.56. The first-order valence-electron chi connectivity index (χ1n) is 8.56. The maximum Gasteiger partial charge on any atom is 0.272 e. The lowest BCUT2D eigenvalue weighted by Gasteiger charge is -2.31. The number of piperidine rings is 1. The SMILES string of the molecule is Cn1nccc1C(=O)N1CCC(c2cccc(CCC(N)=O)n2)CC1. The second-order valence-corrected chi connectivity index (χ2v) is 6.43. The summed E-state index contributed by atoms with van der Waals surface area (Å²) in [5.74, 6) is 0.0555. The van der Waals surface area contributed by atoms with Crippen LogP contribution in [0.1, 0.15) is 47.1 Å². The second kappa shape index (κ2) is 7.46. The Labute approximate surface area is 146 Å². The van der Waals surface area contributed by atoms with Crippen molar-refractivity contribution in [3.05, 3.63) is 47.5 Å². The fraction of sp³-hybridized carbons (Fsp3) is 0.444. The van der Waals surface area contributed by atoms with Crippen LogP contribution in [0.25, 0.3) is 0 Å². The van der Waals surface area contributed by atoms with Crippen LogP contribution in [0.2, 0.25) is 0 Å². The summed E-state index contributed by atoms with van der Waals surface area (Å²) in [4.78, 5) is 30.0. The summed E-state index contributed by atoms with van der Waals surface area (Å²) in [6.45, 7) is 1.42. The minimum absolute atomic E-state index is 0.0293. The molecule has 3 heterocycles. The second-order valence-electron chi connectivity index (χ2n) is 6.43. The summed E-state index contributed by atoms with van der Waals surface area (Å²) in [7, 11) is 1.78. The Morgan fingerprint density at radius 1 is 1.24 bits per heavy atom. The van der Waals surface area contributed by atoms with Crippen molar-refractivity contribution in [1.82, 2.24) is 19.7 Å². The normalized spacial score (nSPS) is 15.3. The average molecular weight is 341 g/mol. The molecule has 2 N–H and O–H groups in total. The predicted molar refractivity (Wildman–Crippen MR) is 92.8 cm³/mol. The predicted octanol–water partition coefficient (Wildman–Crippen LogP) is 1.25. The minimum atomic E-state index is -0.311. The Morgan fingerprint density at radius 2 is 2.00 bits per heavy atom. The van der Waals surface area contributed by atoms with Crippen LogP contribution in [0.15, 0.2) is 30.5 Å². The van der Waals surface area contributed by atoms with E-state index in [0.717, 1.165) is 24.2 Å². The van der Waals surface area contributed by atoms with Gasteiger partial charge in [0, 0.05) is 50.1 Å². The van der Waals surface area contributed by atoms with Crippen LogP contribution in [0.3, 0.4) is 0 Å². The largest absolute Gasteiger partial charge is 0.370 e. The Bertz CT molecular complexity index is 762. The molecule has 25 heavy (non-hydrogen) atoms. The molecular weight excluding hydrogens is 318 g/mol. The van der Waals surface area contributed by atoms with Crippen molar-refractivity contribution >= 4 is 11.8 Å². The Balaban J connectivity index is 1.60. The van der Waals surface area contributed by atoms with E-state index in [1.54, 1.807) is 24.0 Å². The molecule has 0 radical (unpaired) electrons. The number of nitrogens with zero attached hydrogens (tertiary/aromatic N) is 4. The highest BCUT2D eigenvalue weighted by molar-refractivity contribution is 5.92. The number of likely N-dealkylation sites (tertiary alicyclic amines) is 1. The molecule has 0 saturated carbocycles. The molecule has 1 aliphatic heterocycles. The number of carbonyl (C=O) groups excluding carboxylic acids is 2. The molecule has 7 heteroatoms. The van der Waals surface area contributed by atoms with Gasteiger partial charge in [0.1, 0.15) is 5.69 Å². The van der Waals surface area contributed by atoms with Gasteiger partial charge in [-0.1, -0.05) is 6.07 Å². The number of rotatable bonds is 5. The zero-order valence-electron chi connectivity index (χ0n) is 14.4. The van der Waals surface area contributed by atoms with Gasteiger partial charge < -0.3 is 10.6 Å². The number of carbonyl (C=O) groups is 2. The van der Waals surface area contributed by atoms with Gasteiger partial charge in [0.25, 0.3) is 5.91 Å². The van der Waals surface area contributed by atoms with Crippen LogP contribution in [0.4, 0.5) is 0 Å². The Hall–Kier alpha value is -2.70. The van der Waals surface area contributed by atoms with Gasteiger partial charge >= 0.3 is 0 Å². The van der Waals surface area contributed by atoms with E-state index in [1.165, 1.54) is 0 Å². The topological polar surface area (TPSA) is 94.1 Å². The van der Waals surface area contributed by atoms with Crippen molar-refractivity contribution in [3.63, 3.8) is 0 Å².